The van der Waals surface area contributed by atoms with Gasteiger partial charge in [0.2, 0.25) is 5.82 Å². The molecule has 170 valence electrons. The summed E-state index contributed by atoms with van der Waals surface area (Å²) in [7, 11) is 1.59. The third-order valence-electron chi connectivity index (χ3n) is 5.13. The van der Waals surface area contributed by atoms with Crippen LogP contribution in [0.5, 0.6) is 5.75 Å². The van der Waals surface area contributed by atoms with E-state index in [4.69, 9.17) is 9.15 Å². The van der Waals surface area contributed by atoms with Crippen LogP contribution in [0.2, 0.25) is 0 Å². The number of nitrogens with zero attached hydrogens (tertiary/aromatic N) is 4. The van der Waals surface area contributed by atoms with Crippen LogP contribution < -0.4 is 15.0 Å². The highest BCUT2D eigenvalue weighted by Crippen LogP contribution is 2.34. The Labute approximate surface area is 187 Å². The maximum Gasteiger partial charge on any atom is 0.291 e. The minimum Gasteiger partial charge on any atom is -0.489 e. The van der Waals surface area contributed by atoms with Gasteiger partial charge in [-0.3, -0.25) is 14.7 Å². The Balaban J connectivity index is 0.00000259. The summed E-state index contributed by atoms with van der Waals surface area (Å²) in [5, 5.41) is 9.23. The molecule has 11 heteroatoms. The second-order valence-corrected chi connectivity index (χ2v) is 7.28. The van der Waals surface area contributed by atoms with E-state index in [1.807, 2.05) is 0 Å². The van der Waals surface area contributed by atoms with E-state index in [1.54, 1.807) is 31.3 Å². The average Bonchev–Trinajstić information content (AvgIpc) is 3.43. The van der Waals surface area contributed by atoms with Crippen molar-refractivity contribution in [3.8, 4) is 5.75 Å². The quantitative estimate of drug-likeness (QED) is 0.487. The minimum absolute atomic E-state index is 0. The van der Waals surface area contributed by atoms with Crippen molar-refractivity contribution in [2.24, 2.45) is 0 Å². The Morgan fingerprint density at radius 2 is 2.09 bits per heavy atom. The van der Waals surface area contributed by atoms with Crippen molar-refractivity contribution < 1.29 is 23.1 Å². The number of nitrogens with one attached hydrogen (secondary N) is 2. The van der Waals surface area contributed by atoms with Crippen LogP contribution in [-0.4, -0.2) is 51.7 Å². The van der Waals surface area contributed by atoms with Gasteiger partial charge in [-0.05, 0) is 17.7 Å². The average molecular weight is 452 g/mol. The molecule has 0 spiro atoms. The van der Waals surface area contributed by atoms with Crippen molar-refractivity contribution in [2.45, 2.75) is 19.9 Å². The molecule has 33 heavy (non-hydrogen) atoms. The number of benzene rings is 2. The largest absolute Gasteiger partial charge is 0.489 e. The Kier molecular flexibility index (Phi) is 5.78. The summed E-state index contributed by atoms with van der Waals surface area (Å²) in [4.78, 5) is 35.2. The monoisotopic (exact) mass is 452 g/mol. The summed E-state index contributed by atoms with van der Waals surface area (Å²) in [6, 6.07) is 8.34. The number of hydrogen-bond donors (Lipinski definition) is 2. The van der Waals surface area contributed by atoms with E-state index in [2.05, 4.69) is 25.5 Å². The van der Waals surface area contributed by atoms with Crippen molar-refractivity contribution in [3.05, 3.63) is 65.8 Å². The SMILES string of the molecule is C.CN1C(=O)[C@@H](NC(=O)c2n[nH]c(Cc3ccc(F)cc3)n2)COc2cc3ncoc3cc21. The van der Waals surface area contributed by atoms with Crippen LogP contribution in [0, 0.1) is 5.82 Å². The fourth-order valence-electron chi connectivity index (χ4n) is 3.45. The van der Waals surface area contributed by atoms with Gasteiger partial charge in [0.15, 0.2) is 12.0 Å². The lowest BCUT2D eigenvalue weighted by atomic mass is 10.1. The summed E-state index contributed by atoms with van der Waals surface area (Å²) < 4.78 is 24.1. The lowest BCUT2D eigenvalue weighted by Crippen LogP contribution is -2.49. The molecule has 0 radical (unpaired) electrons. The fourth-order valence-corrected chi connectivity index (χ4v) is 3.45. The van der Waals surface area contributed by atoms with Gasteiger partial charge in [-0.1, -0.05) is 19.6 Å². The van der Waals surface area contributed by atoms with Gasteiger partial charge in [0, 0.05) is 25.6 Å². The zero-order chi connectivity index (χ0) is 22.2. The second-order valence-electron chi connectivity index (χ2n) is 7.28. The predicted molar refractivity (Wildman–Crippen MR) is 116 cm³/mol. The highest BCUT2D eigenvalue weighted by molar-refractivity contribution is 6.03. The first-order valence-corrected chi connectivity index (χ1v) is 9.72. The molecule has 5 rings (SSSR count). The number of aromatic amines is 1. The molecule has 2 amide bonds. The molecule has 0 fully saturated rings. The zero-order valence-corrected chi connectivity index (χ0v) is 16.8. The highest BCUT2D eigenvalue weighted by Gasteiger charge is 2.32. The Morgan fingerprint density at radius 1 is 1.30 bits per heavy atom. The van der Waals surface area contributed by atoms with Gasteiger partial charge >= 0.3 is 0 Å². The van der Waals surface area contributed by atoms with Crippen LogP contribution in [0.3, 0.4) is 0 Å². The number of amides is 2. The van der Waals surface area contributed by atoms with Gasteiger partial charge < -0.3 is 19.4 Å². The smallest absolute Gasteiger partial charge is 0.291 e. The van der Waals surface area contributed by atoms with Crippen LogP contribution in [-0.2, 0) is 11.2 Å². The number of likely N-dealkylation sites (N-methyl/N-ethyl adjacent to an activating group) is 1. The first kappa shape index (κ1) is 21.9. The van der Waals surface area contributed by atoms with Crippen molar-refractivity contribution >= 4 is 28.6 Å². The van der Waals surface area contributed by atoms with Crippen LogP contribution >= 0.6 is 0 Å². The summed E-state index contributed by atoms with van der Waals surface area (Å²) >= 11 is 0. The lowest BCUT2D eigenvalue weighted by molar-refractivity contribution is -0.120. The number of H-pyrrole nitrogens is 1. The van der Waals surface area contributed by atoms with Crippen LogP contribution in [0.1, 0.15) is 29.4 Å². The van der Waals surface area contributed by atoms with Gasteiger partial charge in [-0.15, -0.1) is 5.10 Å². The number of carbonyl (C=O) groups is 2. The summed E-state index contributed by atoms with van der Waals surface area (Å²) in [6.07, 6.45) is 1.66. The van der Waals surface area contributed by atoms with Gasteiger partial charge in [0.05, 0.1) is 5.69 Å². The topological polar surface area (TPSA) is 126 Å². The van der Waals surface area contributed by atoms with E-state index in [1.165, 1.54) is 23.4 Å². The summed E-state index contributed by atoms with van der Waals surface area (Å²) in [5.74, 6) is -0.538. The number of aromatic nitrogens is 4. The molecule has 0 aliphatic carbocycles. The first-order chi connectivity index (χ1) is 15.5. The highest BCUT2D eigenvalue weighted by atomic mass is 19.1. The molecule has 0 unspecified atom stereocenters. The molecule has 4 aromatic rings. The first-order valence-electron chi connectivity index (χ1n) is 9.72. The number of anilines is 1. The third kappa shape index (κ3) is 4.25. The van der Waals surface area contributed by atoms with Gasteiger partial charge in [-0.2, -0.15) is 0 Å². The summed E-state index contributed by atoms with van der Waals surface area (Å²) in [6.45, 7) is -0.0713. The Morgan fingerprint density at radius 3 is 2.88 bits per heavy atom. The molecule has 1 atom stereocenters. The Bertz CT molecular complexity index is 1320. The van der Waals surface area contributed by atoms with Gasteiger partial charge in [-0.25, -0.2) is 14.4 Å². The molecule has 0 saturated carbocycles. The van der Waals surface area contributed by atoms with E-state index < -0.39 is 11.9 Å². The number of hydrogen-bond acceptors (Lipinski definition) is 7. The van der Waals surface area contributed by atoms with Crippen molar-refractivity contribution in [1.29, 1.82) is 0 Å². The normalized spacial score (nSPS) is 15.4. The molecular weight excluding hydrogens is 431 g/mol. The van der Waals surface area contributed by atoms with E-state index in [0.29, 0.717) is 34.8 Å². The van der Waals surface area contributed by atoms with E-state index in [-0.39, 0.29) is 31.6 Å². The third-order valence-corrected chi connectivity index (χ3v) is 5.13. The molecule has 0 bridgehead atoms. The van der Waals surface area contributed by atoms with Crippen LogP contribution in [0.4, 0.5) is 10.1 Å². The molecule has 2 aromatic carbocycles. The fraction of sp³-hybridized carbons (Fsp3) is 0.227. The lowest BCUT2D eigenvalue weighted by Gasteiger charge is -2.19. The molecular formula is C22H21FN6O4. The van der Waals surface area contributed by atoms with E-state index in [9.17, 15) is 14.0 Å². The van der Waals surface area contributed by atoms with Crippen molar-refractivity contribution in [1.82, 2.24) is 25.5 Å². The Hall–Kier alpha value is -4.28. The molecule has 2 N–H and O–H groups in total. The number of fused-ring (bicyclic) bond motifs is 2. The van der Waals surface area contributed by atoms with Crippen LogP contribution in [0.25, 0.3) is 11.1 Å². The van der Waals surface area contributed by atoms with Crippen molar-refractivity contribution in [3.63, 3.8) is 0 Å². The number of carbonyl (C=O) groups excluding carboxylic acids is 2. The molecule has 1 aliphatic heterocycles. The predicted octanol–water partition coefficient (Wildman–Crippen LogP) is 2.47. The van der Waals surface area contributed by atoms with E-state index in [0.717, 1.165) is 5.56 Å². The maximum absolute atomic E-state index is 13.1. The molecule has 0 saturated heterocycles. The van der Waals surface area contributed by atoms with Crippen molar-refractivity contribution in [2.75, 3.05) is 18.6 Å². The molecule has 10 nitrogen and oxygen atoms in total. The molecule has 2 aromatic heterocycles. The molecule has 3 heterocycles. The number of rotatable bonds is 4. The standard InChI is InChI=1S/C21H17FN6O4.CH4/c1-28-15-8-16-13(23-10-32-16)7-17(15)31-9-14(21(28)30)24-20(29)19-25-18(26-27-19)6-11-2-4-12(22)5-3-11;/h2-5,7-8,10,14H,6,9H2,1H3,(H,24,29)(H,25,26,27);1H4/t14-;/m0./s1. The maximum atomic E-state index is 13.1. The molecule has 1 aliphatic rings. The van der Waals surface area contributed by atoms with Gasteiger partial charge in [0.1, 0.15) is 35.6 Å². The van der Waals surface area contributed by atoms with Crippen LogP contribution in [0.15, 0.2) is 47.2 Å². The minimum atomic E-state index is -0.946. The summed E-state index contributed by atoms with van der Waals surface area (Å²) in [5.41, 5.74) is 2.43. The van der Waals surface area contributed by atoms with Gasteiger partial charge in [0.25, 0.3) is 11.8 Å². The number of ether oxygens (including phenoxy) is 1. The number of oxazole rings is 1. The zero-order valence-electron chi connectivity index (χ0n) is 16.8. The second kappa shape index (κ2) is 8.69. The number of halogens is 1. The van der Waals surface area contributed by atoms with E-state index >= 15 is 0 Å².